The Kier molecular flexibility index (Phi) is 5.97. The Bertz CT molecular complexity index is 515. The quantitative estimate of drug-likeness (QED) is 0.725. The summed E-state index contributed by atoms with van der Waals surface area (Å²) < 4.78 is 2.35. The van der Waals surface area contributed by atoms with Crippen molar-refractivity contribution >= 4 is 35.1 Å². The zero-order chi connectivity index (χ0) is 15.4. The van der Waals surface area contributed by atoms with Gasteiger partial charge in [0.25, 0.3) is 0 Å². The lowest BCUT2D eigenvalue weighted by atomic mass is 10.2. The van der Waals surface area contributed by atoms with Crippen LogP contribution in [0.25, 0.3) is 0 Å². The average molecular weight is 327 g/mol. The molecule has 1 aliphatic heterocycles. The molecule has 0 aliphatic carbocycles. The van der Waals surface area contributed by atoms with Gasteiger partial charge in [0.1, 0.15) is 0 Å². The molecule has 21 heavy (non-hydrogen) atoms. The molecule has 2 rings (SSSR count). The number of nitrogens with zero attached hydrogens (tertiary/aromatic N) is 2. The molecule has 3 nitrogen and oxygen atoms in total. The van der Waals surface area contributed by atoms with Crippen LogP contribution in [0.1, 0.15) is 39.2 Å². The van der Waals surface area contributed by atoms with Crippen molar-refractivity contribution in [2.45, 2.75) is 44.9 Å². The highest BCUT2D eigenvalue weighted by Gasteiger charge is 2.24. The van der Waals surface area contributed by atoms with Crippen molar-refractivity contribution in [3.63, 3.8) is 0 Å². The van der Waals surface area contributed by atoms with Crippen LogP contribution in [-0.4, -0.2) is 29.8 Å². The van der Waals surface area contributed by atoms with Gasteiger partial charge in [0.15, 0.2) is 0 Å². The minimum Gasteiger partial charge on any atom is -0.312 e. The van der Waals surface area contributed by atoms with E-state index in [0.29, 0.717) is 0 Å². The third-order valence-electron chi connectivity index (χ3n) is 3.58. The number of benzene rings is 1. The molecular formula is C16H23ClN2OS. The molecule has 116 valence electrons. The first-order chi connectivity index (χ1) is 10.1. The zero-order valence-electron chi connectivity index (χ0n) is 13.0. The smallest absolute Gasteiger partial charge is 0.223 e. The molecule has 0 unspecified atom stereocenters. The number of hydrogen-bond donors (Lipinski definition) is 0. The second kappa shape index (κ2) is 7.52. The fraction of sp³-hybridized carbons (Fsp3) is 0.562. The highest BCUT2D eigenvalue weighted by Crippen LogP contribution is 2.38. The van der Waals surface area contributed by atoms with Gasteiger partial charge in [-0.15, -0.1) is 0 Å². The van der Waals surface area contributed by atoms with Gasteiger partial charge in [-0.25, -0.2) is 4.31 Å². The lowest BCUT2D eigenvalue weighted by Gasteiger charge is -2.22. The first-order valence-corrected chi connectivity index (χ1v) is 8.75. The van der Waals surface area contributed by atoms with Crippen molar-refractivity contribution in [3.05, 3.63) is 22.7 Å². The predicted molar refractivity (Wildman–Crippen MR) is 91.2 cm³/mol. The predicted octanol–water partition coefficient (Wildman–Crippen LogP) is 4.38. The Morgan fingerprint density at radius 1 is 1.33 bits per heavy atom. The van der Waals surface area contributed by atoms with Crippen molar-refractivity contribution in [3.8, 4) is 0 Å². The molecular weight excluding hydrogens is 304 g/mol. The first-order valence-electron chi connectivity index (χ1n) is 7.60. The molecule has 0 saturated heterocycles. The summed E-state index contributed by atoms with van der Waals surface area (Å²) >= 11 is 8.14. The van der Waals surface area contributed by atoms with Gasteiger partial charge < -0.3 is 4.90 Å². The van der Waals surface area contributed by atoms with Gasteiger partial charge in [-0.05, 0) is 48.9 Å². The van der Waals surface area contributed by atoms with E-state index < -0.39 is 0 Å². The topological polar surface area (TPSA) is 23.6 Å². The van der Waals surface area contributed by atoms with Gasteiger partial charge in [-0.2, -0.15) is 0 Å². The SMILES string of the molecule is CCCN(CCC)Sc1cc2c(cc1Cl)CCN2C(C)=O. The number of amides is 1. The number of rotatable bonds is 6. The third kappa shape index (κ3) is 3.93. The van der Waals surface area contributed by atoms with E-state index in [2.05, 4.69) is 24.2 Å². The van der Waals surface area contributed by atoms with E-state index in [1.165, 1.54) is 5.56 Å². The summed E-state index contributed by atoms with van der Waals surface area (Å²) in [6.07, 6.45) is 3.14. The second-order valence-electron chi connectivity index (χ2n) is 5.35. The zero-order valence-corrected chi connectivity index (χ0v) is 14.6. The molecule has 0 aromatic heterocycles. The van der Waals surface area contributed by atoms with Crippen LogP contribution in [0.5, 0.6) is 0 Å². The fourth-order valence-corrected chi connectivity index (χ4v) is 4.05. The van der Waals surface area contributed by atoms with Crippen LogP contribution < -0.4 is 4.90 Å². The second-order valence-corrected chi connectivity index (χ2v) is 6.90. The molecule has 0 atom stereocenters. The summed E-state index contributed by atoms with van der Waals surface area (Å²) in [6.45, 7) is 8.85. The molecule has 1 aromatic rings. The van der Waals surface area contributed by atoms with E-state index in [4.69, 9.17) is 11.6 Å². The molecule has 0 radical (unpaired) electrons. The van der Waals surface area contributed by atoms with Crippen molar-refractivity contribution in [2.24, 2.45) is 0 Å². The van der Waals surface area contributed by atoms with Crippen LogP contribution >= 0.6 is 23.5 Å². The fourth-order valence-electron chi connectivity index (χ4n) is 2.63. The molecule has 1 aromatic carbocycles. The molecule has 1 amide bonds. The van der Waals surface area contributed by atoms with Crippen LogP contribution in [0.3, 0.4) is 0 Å². The van der Waals surface area contributed by atoms with Gasteiger partial charge >= 0.3 is 0 Å². The van der Waals surface area contributed by atoms with E-state index in [-0.39, 0.29) is 5.91 Å². The number of fused-ring (bicyclic) bond motifs is 1. The van der Waals surface area contributed by atoms with E-state index in [9.17, 15) is 4.79 Å². The minimum absolute atomic E-state index is 0.103. The van der Waals surface area contributed by atoms with E-state index >= 15 is 0 Å². The van der Waals surface area contributed by atoms with E-state index in [1.54, 1.807) is 18.9 Å². The molecule has 0 N–H and O–H groups in total. The van der Waals surface area contributed by atoms with E-state index in [1.807, 2.05) is 11.0 Å². The lowest BCUT2D eigenvalue weighted by Crippen LogP contribution is -2.25. The molecule has 0 bridgehead atoms. The molecule has 0 spiro atoms. The highest BCUT2D eigenvalue weighted by atomic mass is 35.5. The molecule has 1 heterocycles. The first kappa shape index (κ1) is 16.7. The number of halogens is 1. The maximum Gasteiger partial charge on any atom is 0.223 e. The largest absolute Gasteiger partial charge is 0.312 e. The summed E-state index contributed by atoms with van der Waals surface area (Å²) in [4.78, 5) is 14.6. The maximum absolute atomic E-state index is 11.7. The molecule has 0 fully saturated rings. The molecule has 0 saturated carbocycles. The van der Waals surface area contributed by atoms with Crippen molar-refractivity contribution < 1.29 is 4.79 Å². The van der Waals surface area contributed by atoms with Crippen molar-refractivity contribution in [1.82, 2.24) is 4.31 Å². The number of hydrogen-bond acceptors (Lipinski definition) is 3. The summed E-state index contributed by atoms with van der Waals surface area (Å²) in [5, 5.41) is 0.793. The summed E-state index contributed by atoms with van der Waals surface area (Å²) in [7, 11) is 0. The number of carbonyl (C=O) groups excluding carboxylic acids is 1. The lowest BCUT2D eigenvalue weighted by molar-refractivity contribution is -0.116. The maximum atomic E-state index is 11.7. The monoisotopic (exact) mass is 326 g/mol. The summed E-state index contributed by atoms with van der Waals surface area (Å²) in [5.74, 6) is 0.103. The Balaban J connectivity index is 2.24. The van der Waals surface area contributed by atoms with Gasteiger partial charge in [0, 0.05) is 37.1 Å². The van der Waals surface area contributed by atoms with Gasteiger partial charge in [0.05, 0.1) is 5.02 Å². The van der Waals surface area contributed by atoms with Gasteiger partial charge in [0.2, 0.25) is 5.91 Å². The van der Waals surface area contributed by atoms with Crippen LogP contribution in [0.4, 0.5) is 5.69 Å². The van der Waals surface area contributed by atoms with Crippen LogP contribution in [-0.2, 0) is 11.2 Å². The van der Waals surface area contributed by atoms with E-state index in [0.717, 1.165) is 54.5 Å². The average Bonchev–Trinajstić information content (AvgIpc) is 2.82. The van der Waals surface area contributed by atoms with Gasteiger partial charge in [-0.3, -0.25) is 4.79 Å². The third-order valence-corrected chi connectivity index (χ3v) is 5.16. The van der Waals surface area contributed by atoms with Gasteiger partial charge in [-0.1, -0.05) is 25.4 Å². The Labute approximate surface area is 136 Å². The Hall–Kier alpha value is -0.710. The number of carbonyl (C=O) groups is 1. The Morgan fingerprint density at radius 3 is 2.57 bits per heavy atom. The standard InChI is InChI=1S/C16H23ClN2OS/c1-4-7-18(8-5-2)21-16-11-15-13(10-14(16)17)6-9-19(15)12(3)20/h10-11H,4-9H2,1-3H3. The van der Waals surface area contributed by atoms with Crippen LogP contribution in [0.2, 0.25) is 5.02 Å². The van der Waals surface area contributed by atoms with Crippen molar-refractivity contribution in [2.75, 3.05) is 24.5 Å². The Morgan fingerprint density at radius 2 is 2.00 bits per heavy atom. The number of anilines is 1. The molecule has 1 aliphatic rings. The summed E-state index contributed by atoms with van der Waals surface area (Å²) in [6, 6.07) is 4.10. The highest BCUT2D eigenvalue weighted by molar-refractivity contribution is 7.97. The minimum atomic E-state index is 0.103. The van der Waals surface area contributed by atoms with Crippen LogP contribution in [0.15, 0.2) is 17.0 Å². The molecule has 5 heteroatoms. The normalized spacial score (nSPS) is 13.9. The van der Waals surface area contributed by atoms with Crippen molar-refractivity contribution in [1.29, 1.82) is 0 Å². The summed E-state index contributed by atoms with van der Waals surface area (Å²) in [5.41, 5.74) is 2.21. The van der Waals surface area contributed by atoms with Crippen LogP contribution in [0, 0.1) is 0 Å².